The van der Waals surface area contributed by atoms with E-state index >= 15 is 0 Å². The minimum Gasteiger partial charge on any atom is -0.382 e. The third kappa shape index (κ3) is 2.22. The van der Waals surface area contributed by atoms with Crippen LogP contribution in [0, 0.1) is 0 Å². The summed E-state index contributed by atoms with van der Waals surface area (Å²) in [5.41, 5.74) is 4.50. The van der Waals surface area contributed by atoms with Crippen molar-refractivity contribution in [1.29, 1.82) is 0 Å². The molecule has 1 heterocycles. The smallest absolute Gasteiger partial charge is 0.194 e. The highest BCUT2D eigenvalue weighted by Crippen LogP contribution is 2.39. The van der Waals surface area contributed by atoms with Crippen molar-refractivity contribution in [1.82, 2.24) is 0 Å². The highest BCUT2D eigenvalue weighted by Gasteiger charge is 2.37. The van der Waals surface area contributed by atoms with Gasteiger partial charge in [0.2, 0.25) is 0 Å². The molecule has 0 aromatic heterocycles. The first-order valence-electron chi connectivity index (χ1n) is 8.82. The Morgan fingerprint density at radius 1 is 0.960 bits per heavy atom. The van der Waals surface area contributed by atoms with Crippen LogP contribution in [0.4, 0.5) is 5.69 Å². The Kier molecular flexibility index (Phi) is 3.38. The van der Waals surface area contributed by atoms with E-state index in [2.05, 4.69) is 9.71 Å². The lowest BCUT2D eigenvalue weighted by Crippen LogP contribution is -2.26. The van der Waals surface area contributed by atoms with Crippen molar-refractivity contribution in [3.05, 3.63) is 58.7 Å². The van der Waals surface area contributed by atoms with Gasteiger partial charge in [-0.3, -0.25) is 4.79 Å². The van der Waals surface area contributed by atoms with Gasteiger partial charge in [-0.2, -0.15) is 4.40 Å². The van der Waals surface area contributed by atoms with E-state index in [-0.39, 0.29) is 5.78 Å². The van der Waals surface area contributed by atoms with E-state index in [1.165, 1.54) is 19.3 Å². The number of carbonyl (C=O) groups is 1. The summed E-state index contributed by atoms with van der Waals surface area (Å²) in [6, 6.07) is 11.6. The normalized spacial score (nSPS) is 21.5. The van der Waals surface area contributed by atoms with Crippen LogP contribution in [0.2, 0.25) is 0 Å². The predicted octanol–water partition coefficient (Wildman–Crippen LogP) is 3.85. The quantitative estimate of drug-likeness (QED) is 0.764. The molecular formula is C20H18N2O2S. The maximum absolute atomic E-state index is 13.0. The molecule has 5 rings (SSSR count). The number of hydrogen-bond acceptors (Lipinski definition) is 3. The van der Waals surface area contributed by atoms with Crippen molar-refractivity contribution in [2.24, 2.45) is 4.40 Å². The Labute approximate surface area is 149 Å². The number of ketones is 1. The van der Waals surface area contributed by atoms with Gasteiger partial charge in [0, 0.05) is 34.0 Å². The summed E-state index contributed by atoms with van der Waals surface area (Å²) < 4.78 is 16.8. The molecule has 0 saturated heterocycles. The summed E-state index contributed by atoms with van der Waals surface area (Å²) >= 11 is 0. The van der Waals surface area contributed by atoms with Crippen LogP contribution in [0.1, 0.15) is 59.2 Å². The maximum atomic E-state index is 13.0. The molecule has 0 amide bonds. The number of rotatable bonds is 2. The average Bonchev–Trinajstić information content (AvgIpc) is 2.98. The van der Waals surface area contributed by atoms with Crippen LogP contribution in [0.15, 0.2) is 45.7 Å². The van der Waals surface area contributed by atoms with E-state index in [1.54, 1.807) is 12.1 Å². The zero-order chi connectivity index (χ0) is 17.0. The standard InChI is InChI=1S/C20H18N2O2S/c23-20-13-8-4-10-15(21-12-6-2-1-3-7-12)17(13)19-18-14(20)9-5-11-16(18)25(24)22-19/h4-5,8-12,21H,1-3,6-7H2. The molecule has 0 bridgehead atoms. The summed E-state index contributed by atoms with van der Waals surface area (Å²) in [7, 11) is -1.43. The fourth-order valence-corrected chi connectivity index (χ4v) is 5.21. The largest absolute Gasteiger partial charge is 0.382 e. The monoisotopic (exact) mass is 350 g/mol. The summed E-state index contributed by atoms with van der Waals surface area (Å²) in [5.74, 6) is -0.00278. The number of anilines is 1. The first-order chi connectivity index (χ1) is 12.2. The van der Waals surface area contributed by atoms with Crippen LogP contribution in [0.5, 0.6) is 0 Å². The highest BCUT2D eigenvalue weighted by molar-refractivity contribution is 7.84. The van der Waals surface area contributed by atoms with E-state index in [0.29, 0.717) is 27.8 Å². The van der Waals surface area contributed by atoms with Crippen molar-refractivity contribution in [3.8, 4) is 0 Å². The molecule has 0 spiro atoms. The van der Waals surface area contributed by atoms with Gasteiger partial charge in [0.1, 0.15) is 0 Å². The summed E-state index contributed by atoms with van der Waals surface area (Å²) in [4.78, 5) is 13.7. The second kappa shape index (κ2) is 5.63. The first kappa shape index (κ1) is 15.0. The fraction of sp³-hybridized carbons (Fsp3) is 0.300. The van der Waals surface area contributed by atoms with E-state index in [0.717, 1.165) is 29.7 Å². The molecule has 0 radical (unpaired) electrons. The van der Waals surface area contributed by atoms with Crippen LogP contribution in [-0.2, 0) is 11.0 Å². The number of hydrogen-bond donors (Lipinski definition) is 1. The van der Waals surface area contributed by atoms with Gasteiger partial charge in [0.25, 0.3) is 0 Å². The Hall–Kier alpha value is -2.27. The fourth-order valence-electron chi connectivity index (χ4n) is 4.19. The SMILES string of the molecule is O=C1c2cccc(NC3CCCCC3)c2C2=NS(=O)c3cccc1c32. The van der Waals surface area contributed by atoms with Crippen LogP contribution >= 0.6 is 0 Å². The molecule has 1 fully saturated rings. The minimum atomic E-state index is -1.43. The Morgan fingerprint density at radius 3 is 2.48 bits per heavy atom. The van der Waals surface area contributed by atoms with E-state index < -0.39 is 11.0 Å². The van der Waals surface area contributed by atoms with Crippen molar-refractivity contribution in [3.63, 3.8) is 0 Å². The van der Waals surface area contributed by atoms with Crippen molar-refractivity contribution >= 4 is 28.2 Å². The minimum absolute atomic E-state index is 0.00278. The maximum Gasteiger partial charge on any atom is 0.194 e. The molecule has 1 N–H and O–H groups in total. The molecule has 2 aromatic rings. The van der Waals surface area contributed by atoms with Gasteiger partial charge in [-0.25, -0.2) is 4.21 Å². The van der Waals surface area contributed by atoms with Crippen molar-refractivity contribution in [2.75, 3.05) is 5.32 Å². The second-order valence-corrected chi connectivity index (χ2v) is 8.03. The van der Waals surface area contributed by atoms with Gasteiger partial charge in [-0.05, 0) is 25.0 Å². The molecule has 126 valence electrons. The van der Waals surface area contributed by atoms with E-state index in [4.69, 9.17) is 0 Å². The lowest BCUT2D eigenvalue weighted by Gasteiger charge is -2.27. The van der Waals surface area contributed by atoms with Gasteiger partial charge >= 0.3 is 0 Å². The molecule has 2 aliphatic carbocycles. The molecule has 3 aliphatic rings. The van der Waals surface area contributed by atoms with Crippen molar-refractivity contribution in [2.45, 2.75) is 43.0 Å². The number of carbonyl (C=O) groups excluding carboxylic acids is 1. The summed E-state index contributed by atoms with van der Waals surface area (Å²) in [6.07, 6.45) is 6.08. The van der Waals surface area contributed by atoms with Gasteiger partial charge in [0.15, 0.2) is 16.8 Å². The topological polar surface area (TPSA) is 58.5 Å². The van der Waals surface area contributed by atoms with Crippen LogP contribution < -0.4 is 5.32 Å². The first-order valence-corrected chi connectivity index (χ1v) is 9.93. The number of fused-ring (bicyclic) bond motifs is 2. The molecule has 1 unspecified atom stereocenters. The summed E-state index contributed by atoms with van der Waals surface area (Å²) in [5, 5.41) is 3.63. The molecule has 25 heavy (non-hydrogen) atoms. The Bertz CT molecular complexity index is 958. The van der Waals surface area contributed by atoms with E-state index in [9.17, 15) is 9.00 Å². The molecule has 5 heteroatoms. The molecule has 2 aromatic carbocycles. The number of nitrogens with zero attached hydrogens (tertiary/aromatic N) is 1. The summed E-state index contributed by atoms with van der Waals surface area (Å²) in [6.45, 7) is 0. The zero-order valence-corrected chi connectivity index (χ0v) is 14.6. The second-order valence-electron chi connectivity index (χ2n) is 6.90. The van der Waals surface area contributed by atoms with E-state index in [1.807, 2.05) is 24.3 Å². The Morgan fingerprint density at radius 2 is 1.68 bits per heavy atom. The molecule has 1 atom stereocenters. The van der Waals surface area contributed by atoms with Gasteiger partial charge in [-0.1, -0.05) is 43.5 Å². The molecule has 4 nitrogen and oxygen atoms in total. The van der Waals surface area contributed by atoms with Crippen LogP contribution in [0.25, 0.3) is 0 Å². The highest BCUT2D eigenvalue weighted by atomic mass is 32.2. The Balaban J connectivity index is 1.67. The molecule has 1 saturated carbocycles. The van der Waals surface area contributed by atoms with Crippen LogP contribution in [-0.4, -0.2) is 21.7 Å². The lowest BCUT2D eigenvalue weighted by molar-refractivity contribution is 0.103. The number of nitrogens with one attached hydrogen (secondary N) is 1. The van der Waals surface area contributed by atoms with Gasteiger partial charge in [-0.15, -0.1) is 0 Å². The van der Waals surface area contributed by atoms with Crippen LogP contribution in [0.3, 0.4) is 0 Å². The molecule has 1 aliphatic heterocycles. The molecular weight excluding hydrogens is 332 g/mol. The zero-order valence-electron chi connectivity index (χ0n) is 13.7. The average molecular weight is 350 g/mol. The van der Waals surface area contributed by atoms with Gasteiger partial charge in [0.05, 0.1) is 10.6 Å². The third-order valence-corrected chi connectivity index (χ3v) is 6.45. The van der Waals surface area contributed by atoms with Crippen molar-refractivity contribution < 1.29 is 9.00 Å². The predicted molar refractivity (Wildman–Crippen MR) is 98.9 cm³/mol. The third-order valence-electron chi connectivity index (χ3n) is 5.38. The lowest BCUT2D eigenvalue weighted by atomic mass is 9.82. The van der Waals surface area contributed by atoms with Gasteiger partial charge < -0.3 is 5.32 Å². The number of benzene rings is 2.